The molecule has 2 aromatic heterocycles. The molecule has 0 fully saturated rings. The molecule has 9 heteroatoms. The summed E-state index contributed by atoms with van der Waals surface area (Å²) >= 11 is 0.958. The lowest BCUT2D eigenvalue weighted by molar-refractivity contribution is 0.0991. The molecule has 0 spiro atoms. The minimum Gasteiger partial charge on any atom is -0.454 e. The molecular weight excluding hydrogens is 355 g/mol. The van der Waals surface area contributed by atoms with Crippen molar-refractivity contribution < 1.29 is 22.7 Å². The van der Waals surface area contributed by atoms with Crippen LogP contribution < -0.4 is 4.74 Å². The minimum absolute atomic E-state index is 0.0562. The molecule has 1 aromatic carbocycles. The average molecular weight is 365 g/mol. The lowest BCUT2D eigenvalue weighted by Gasteiger charge is -2.07. The Bertz CT molecular complexity index is 887. The number of halogens is 3. The summed E-state index contributed by atoms with van der Waals surface area (Å²) in [6.07, 6.45) is 1.20. The number of alkyl halides is 2. The highest BCUT2D eigenvalue weighted by molar-refractivity contribution is 7.09. The van der Waals surface area contributed by atoms with Crippen LogP contribution in [0.25, 0.3) is 0 Å². The fourth-order valence-electron chi connectivity index (χ4n) is 2.00. The van der Waals surface area contributed by atoms with Gasteiger partial charge in [0.25, 0.3) is 6.43 Å². The fraction of sp³-hybridized carbons (Fsp3) is 0.125. The Labute approximate surface area is 144 Å². The molecule has 5 nitrogen and oxygen atoms in total. The smallest absolute Gasteiger partial charge is 0.281 e. The maximum atomic E-state index is 13.8. The highest BCUT2D eigenvalue weighted by atomic mass is 32.1. The third-order valence-electron chi connectivity index (χ3n) is 3.07. The molecule has 0 aliphatic rings. The van der Waals surface area contributed by atoms with Crippen LogP contribution in [0.15, 0.2) is 42.3 Å². The first kappa shape index (κ1) is 17.0. The van der Waals surface area contributed by atoms with Crippen molar-refractivity contribution in [2.45, 2.75) is 12.8 Å². The van der Waals surface area contributed by atoms with Crippen LogP contribution in [0.5, 0.6) is 11.5 Å². The van der Waals surface area contributed by atoms with Crippen LogP contribution in [-0.2, 0) is 6.42 Å². The maximum absolute atomic E-state index is 13.8. The molecule has 0 bridgehead atoms. The summed E-state index contributed by atoms with van der Waals surface area (Å²) in [5.41, 5.74) is -0.319. The number of thiazole rings is 1. The van der Waals surface area contributed by atoms with Crippen LogP contribution in [0.3, 0.4) is 0 Å². The van der Waals surface area contributed by atoms with Crippen molar-refractivity contribution in [3.05, 3.63) is 64.4 Å². The zero-order chi connectivity index (χ0) is 17.8. The molecule has 0 aliphatic carbocycles. The highest BCUT2D eigenvalue weighted by Gasteiger charge is 2.16. The average Bonchev–Trinajstić information content (AvgIpc) is 3.04. The Morgan fingerprint density at radius 1 is 1.16 bits per heavy atom. The molecule has 3 rings (SSSR count). The number of carbonyl (C=O) groups excluding carboxylic acids is 1. The Morgan fingerprint density at radius 3 is 2.60 bits per heavy atom. The zero-order valence-electron chi connectivity index (χ0n) is 12.5. The molecule has 3 aromatic rings. The van der Waals surface area contributed by atoms with E-state index in [2.05, 4.69) is 15.0 Å². The maximum Gasteiger partial charge on any atom is 0.281 e. The van der Waals surface area contributed by atoms with Crippen LogP contribution in [0.1, 0.15) is 27.5 Å². The van der Waals surface area contributed by atoms with Gasteiger partial charge >= 0.3 is 0 Å². The molecule has 25 heavy (non-hydrogen) atoms. The van der Waals surface area contributed by atoms with Crippen LogP contribution >= 0.6 is 11.3 Å². The Morgan fingerprint density at radius 2 is 1.92 bits per heavy atom. The second-order valence-electron chi connectivity index (χ2n) is 4.92. The molecule has 0 saturated heterocycles. The van der Waals surface area contributed by atoms with Gasteiger partial charge in [-0.1, -0.05) is 0 Å². The summed E-state index contributed by atoms with van der Waals surface area (Å²) in [7, 11) is 0. The van der Waals surface area contributed by atoms with E-state index in [0.29, 0.717) is 0 Å². The Kier molecular flexibility index (Phi) is 5.03. The summed E-state index contributed by atoms with van der Waals surface area (Å²) in [5, 5.41) is 1.44. The third-order valence-corrected chi connectivity index (χ3v) is 3.94. The normalized spacial score (nSPS) is 10.9. The second-order valence-corrected chi connectivity index (χ2v) is 5.86. The first-order valence-corrected chi connectivity index (χ1v) is 7.88. The van der Waals surface area contributed by atoms with Gasteiger partial charge in [-0.2, -0.15) is 0 Å². The van der Waals surface area contributed by atoms with Gasteiger partial charge in [-0.3, -0.25) is 4.79 Å². The molecule has 0 unspecified atom stereocenters. The summed E-state index contributed by atoms with van der Waals surface area (Å²) in [5.74, 6) is -0.729. The predicted molar refractivity (Wildman–Crippen MR) is 83.6 cm³/mol. The second kappa shape index (κ2) is 7.39. The van der Waals surface area contributed by atoms with Gasteiger partial charge in [0.15, 0.2) is 11.5 Å². The summed E-state index contributed by atoms with van der Waals surface area (Å²) < 4.78 is 44.2. The quantitative estimate of drug-likeness (QED) is 0.612. The lowest BCUT2D eigenvalue weighted by Crippen LogP contribution is -2.04. The molecule has 0 atom stereocenters. The number of nitrogens with zero attached hydrogens (tertiary/aromatic N) is 3. The van der Waals surface area contributed by atoms with Crippen molar-refractivity contribution in [1.29, 1.82) is 0 Å². The van der Waals surface area contributed by atoms with Gasteiger partial charge in [-0.15, -0.1) is 11.3 Å². The first-order chi connectivity index (χ1) is 12.0. The van der Waals surface area contributed by atoms with Gasteiger partial charge in [0.1, 0.15) is 28.6 Å². The number of rotatable bonds is 6. The van der Waals surface area contributed by atoms with Gasteiger partial charge in [0, 0.05) is 17.0 Å². The van der Waals surface area contributed by atoms with Crippen LogP contribution in [0.4, 0.5) is 13.2 Å². The number of carbonyl (C=O) groups is 1. The number of hydrogen-bond acceptors (Lipinski definition) is 6. The number of aromatic nitrogens is 3. The van der Waals surface area contributed by atoms with Gasteiger partial charge in [-0.05, 0) is 12.1 Å². The van der Waals surface area contributed by atoms with Crippen molar-refractivity contribution in [1.82, 2.24) is 15.0 Å². The van der Waals surface area contributed by atoms with Crippen LogP contribution in [-0.4, -0.2) is 20.7 Å². The number of ketones is 1. The van der Waals surface area contributed by atoms with E-state index in [4.69, 9.17) is 4.74 Å². The van der Waals surface area contributed by atoms with E-state index in [-0.39, 0.29) is 34.2 Å². The standard InChI is InChI=1S/C16H10F3N3O2S/c17-10-1-9(2-11(3-10)24-12-5-20-8-21-6-12)14(23)4-15-22-13(7-25-15)16(18)19/h1-3,5-8,16H,4H2. The van der Waals surface area contributed by atoms with E-state index in [9.17, 15) is 18.0 Å². The van der Waals surface area contributed by atoms with E-state index >= 15 is 0 Å². The van der Waals surface area contributed by atoms with Crippen molar-refractivity contribution in [3.63, 3.8) is 0 Å². The fourth-order valence-corrected chi connectivity index (χ4v) is 2.79. The molecule has 0 saturated carbocycles. The molecule has 0 amide bonds. The molecule has 0 N–H and O–H groups in total. The molecular formula is C16H10F3N3O2S. The van der Waals surface area contributed by atoms with Crippen molar-refractivity contribution >= 4 is 17.1 Å². The van der Waals surface area contributed by atoms with E-state index in [1.807, 2.05) is 0 Å². The van der Waals surface area contributed by atoms with E-state index in [0.717, 1.165) is 23.5 Å². The molecule has 0 aliphatic heterocycles. The van der Waals surface area contributed by atoms with Crippen molar-refractivity contribution in [2.24, 2.45) is 0 Å². The van der Waals surface area contributed by atoms with E-state index in [1.165, 1.54) is 30.2 Å². The number of hydrogen-bond donors (Lipinski definition) is 0. The Hall–Kier alpha value is -2.81. The lowest BCUT2D eigenvalue weighted by atomic mass is 10.1. The van der Waals surface area contributed by atoms with Crippen molar-refractivity contribution in [3.8, 4) is 11.5 Å². The van der Waals surface area contributed by atoms with Gasteiger partial charge in [0.2, 0.25) is 0 Å². The Balaban J connectivity index is 1.77. The predicted octanol–water partition coefficient (Wildman–Crippen LogP) is 4.23. The monoisotopic (exact) mass is 365 g/mol. The van der Waals surface area contributed by atoms with Crippen LogP contribution in [0, 0.1) is 5.82 Å². The number of Topliss-reactive ketones (excluding diaryl/α,β-unsaturated/α-hetero) is 1. The third kappa shape index (κ3) is 4.38. The summed E-state index contributed by atoms with van der Waals surface area (Å²) in [6.45, 7) is 0. The van der Waals surface area contributed by atoms with Gasteiger partial charge < -0.3 is 4.74 Å². The summed E-state index contributed by atoms with van der Waals surface area (Å²) in [6, 6.07) is 3.53. The summed E-state index contributed by atoms with van der Waals surface area (Å²) in [4.78, 5) is 23.5. The van der Waals surface area contributed by atoms with Crippen LogP contribution in [0.2, 0.25) is 0 Å². The zero-order valence-corrected chi connectivity index (χ0v) is 13.3. The number of benzene rings is 1. The van der Waals surface area contributed by atoms with Crippen molar-refractivity contribution in [2.75, 3.05) is 0 Å². The largest absolute Gasteiger partial charge is 0.454 e. The minimum atomic E-state index is -2.69. The van der Waals surface area contributed by atoms with Gasteiger partial charge in [0.05, 0.1) is 18.8 Å². The van der Waals surface area contributed by atoms with Gasteiger partial charge in [-0.25, -0.2) is 28.1 Å². The highest BCUT2D eigenvalue weighted by Crippen LogP contribution is 2.25. The molecule has 128 valence electrons. The molecule has 0 radical (unpaired) electrons. The SMILES string of the molecule is O=C(Cc1nc(C(F)F)cs1)c1cc(F)cc(Oc2cncnc2)c1. The molecule has 2 heterocycles. The topological polar surface area (TPSA) is 65.0 Å². The number of ether oxygens (including phenoxy) is 1. The van der Waals surface area contributed by atoms with E-state index < -0.39 is 18.0 Å². The van der Waals surface area contributed by atoms with E-state index in [1.54, 1.807) is 0 Å². The first-order valence-electron chi connectivity index (χ1n) is 7.00.